The van der Waals surface area contributed by atoms with Gasteiger partial charge in [0.1, 0.15) is 17.2 Å². The highest BCUT2D eigenvalue weighted by atomic mass is 32.1. The van der Waals surface area contributed by atoms with E-state index in [2.05, 4.69) is 6.92 Å². The summed E-state index contributed by atoms with van der Waals surface area (Å²) in [6.45, 7) is 6.53. The number of hydrogen-bond donors (Lipinski definition) is 0. The lowest BCUT2D eigenvalue weighted by Crippen LogP contribution is -2.39. The Balaban J connectivity index is 1.49. The molecule has 9 nitrogen and oxygen atoms in total. The van der Waals surface area contributed by atoms with E-state index >= 15 is 0 Å². The number of methoxy groups -OCH3 is 1. The highest BCUT2D eigenvalue weighted by molar-refractivity contribution is 7.07. The molecule has 2 aromatic heterocycles. The smallest absolute Gasteiger partial charge is 0.338 e. The number of rotatable bonds is 11. The van der Waals surface area contributed by atoms with Crippen LogP contribution < -0.4 is 24.4 Å². The molecule has 0 aliphatic carbocycles. The van der Waals surface area contributed by atoms with E-state index in [1.807, 2.05) is 95.8 Å². The van der Waals surface area contributed by atoms with Crippen LogP contribution in [0.15, 0.2) is 106 Å². The van der Waals surface area contributed by atoms with Crippen molar-refractivity contribution in [3.05, 3.63) is 127 Å². The fraction of sp³-hybridized carbons (Fsp3) is 0.243. The Morgan fingerprint density at radius 3 is 2.38 bits per heavy atom. The summed E-state index contributed by atoms with van der Waals surface area (Å²) in [6, 6.07) is 24.3. The highest BCUT2D eigenvalue weighted by Gasteiger charge is 2.33. The molecule has 3 aromatic carbocycles. The quantitative estimate of drug-likeness (QED) is 0.132. The molecule has 0 unspecified atom stereocenters. The minimum atomic E-state index is -0.717. The third kappa shape index (κ3) is 6.55. The number of fused-ring (bicyclic) bond motifs is 1. The second-order valence-electron chi connectivity index (χ2n) is 11.0. The number of carbonyl (C=O) groups excluding carboxylic acids is 1. The molecular weight excluding hydrogens is 612 g/mol. The Morgan fingerprint density at radius 2 is 1.70 bits per heavy atom. The molecule has 0 amide bonds. The number of hydrogen-bond acceptors (Lipinski definition) is 8. The maximum absolute atomic E-state index is 14.3. The number of carbonyl (C=O) groups is 1. The SMILES string of the molecule is CCCCOc1ccc(-c2nn(-c3ccccc3)cc2/C=c2/sc3n(c2=O)[C@@H](c2ccc(OC)cc2)C(C(=O)OCC)=C(C)N=3)cc1. The van der Waals surface area contributed by atoms with E-state index in [9.17, 15) is 9.59 Å². The number of unbranched alkanes of at least 4 members (excludes halogenated alkanes) is 1. The summed E-state index contributed by atoms with van der Waals surface area (Å²) in [6.07, 6.45) is 5.83. The van der Waals surface area contributed by atoms with Crippen molar-refractivity contribution in [3.8, 4) is 28.4 Å². The zero-order valence-corrected chi connectivity index (χ0v) is 27.6. The first-order chi connectivity index (χ1) is 22.9. The van der Waals surface area contributed by atoms with E-state index in [1.165, 1.54) is 11.3 Å². The van der Waals surface area contributed by atoms with Crippen molar-refractivity contribution in [2.75, 3.05) is 20.3 Å². The highest BCUT2D eigenvalue weighted by Crippen LogP contribution is 2.32. The van der Waals surface area contributed by atoms with Crippen molar-refractivity contribution >= 4 is 23.4 Å². The third-order valence-electron chi connectivity index (χ3n) is 7.89. The number of allylic oxidation sites excluding steroid dienone is 1. The molecule has 47 heavy (non-hydrogen) atoms. The molecule has 0 spiro atoms. The van der Waals surface area contributed by atoms with E-state index in [1.54, 1.807) is 25.5 Å². The fourth-order valence-corrected chi connectivity index (χ4v) is 6.55. The number of ether oxygens (including phenoxy) is 3. The van der Waals surface area contributed by atoms with Gasteiger partial charge in [0.15, 0.2) is 4.80 Å². The van der Waals surface area contributed by atoms with Gasteiger partial charge in [-0.2, -0.15) is 5.10 Å². The van der Waals surface area contributed by atoms with Gasteiger partial charge in [-0.15, -0.1) is 0 Å². The average molecular weight is 649 g/mol. The zero-order chi connectivity index (χ0) is 32.9. The summed E-state index contributed by atoms with van der Waals surface area (Å²) < 4.78 is 20.5. The number of thiazole rings is 1. The third-order valence-corrected chi connectivity index (χ3v) is 8.88. The molecule has 10 heteroatoms. The van der Waals surface area contributed by atoms with Crippen LogP contribution in [0.1, 0.15) is 50.8 Å². The van der Waals surface area contributed by atoms with Crippen molar-refractivity contribution < 1.29 is 19.0 Å². The Hall–Kier alpha value is -5.22. The maximum Gasteiger partial charge on any atom is 0.338 e. The normalized spacial score (nSPS) is 14.5. The van der Waals surface area contributed by atoms with Crippen LogP contribution in [0.25, 0.3) is 23.0 Å². The lowest BCUT2D eigenvalue weighted by atomic mass is 9.96. The van der Waals surface area contributed by atoms with E-state index in [0.717, 1.165) is 46.7 Å². The van der Waals surface area contributed by atoms with Gasteiger partial charge in [-0.3, -0.25) is 9.36 Å². The molecule has 1 aliphatic heterocycles. The minimum absolute atomic E-state index is 0.204. The Morgan fingerprint density at radius 1 is 0.979 bits per heavy atom. The van der Waals surface area contributed by atoms with Gasteiger partial charge in [-0.25, -0.2) is 14.5 Å². The first-order valence-corrected chi connectivity index (χ1v) is 16.5. The molecule has 0 fully saturated rings. The number of aromatic nitrogens is 3. The zero-order valence-electron chi connectivity index (χ0n) is 26.8. The first kappa shape index (κ1) is 31.7. The van der Waals surface area contributed by atoms with Crippen LogP contribution in [0.3, 0.4) is 0 Å². The molecular formula is C37H36N4O5S. The first-order valence-electron chi connectivity index (χ1n) is 15.6. The van der Waals surface area contributed by atoms with Gasteiger partial charge >= 0.3 is 5.97 Å². The monoisotopic (exact) mass is 648 g/mol. The molecule has 5 aromatic rings. The van der Waals surface area contributed by atoms with Gasteiger partial charge in [-0.1, -0.05) is 55.0 Å². The molecule has 1 atom stereocenters. The van der Waals surface area contributed by atoms with Crippen LogP contribution in [0, 0.1) is 0 Å². The summed E-state index contributed by atoms with van der Waals surface area (Å²) in [5, 5.41) is 4.95. The maximum atomic E-state index is 14.3. The number of para-hydroxylation sites is 1. The summed E-state index contributed by atoms with van der Waals surface area (Å²) in [5.41, 5.74) is 4.58. The van der Waals surface area contributed by atoms with E-state index < -0.39 is 12.0 Å². The summed E-state index contributed by atoms with van der Waals surface area (Å²) >= 11 is 1.28. The molecule has 3 heterocycles. The van der Waals surface area contributed by atoms with Crippen molar-refractivity contribution in [1.29, 1.82) is 0 Å². The van der Waals surface area contributed by atoms with Crippen LogP contribution >= 0.6 is 11.3 Å². The Bertz CT molecular complexity index is 2090. The van der Waals surface area contributed by atoms with Crippen molar-refractivity contribution in [2.24, 2.45) is 4.99 Å². The van der Waals surface area contributed by atoms with Crippen molar-refractivity contribution in [3.63, 3.8) is 0 Å². The lowest BCUT2D eigenvalue weighted by molar-refractivity contribution is -0.139. The van der Waals surface area contributed by atoms with Crippen LogP contribution in [-0.4, -0.2) is 40.6 Å². The predicted molar refractivity (Wildman–Crippen MR) is 183 cm³/mol. The van der Waals surface area contributed by atoms with E-state index in [4.69, 9.17) is 24.3 Å². The largest absolute Gasteiger partial charge is 0.497 e. The molecule has 0 saturated carbocycles. The topological polar surface area (TPSA) is 96.9 Å². The van der Waals surface area contributed by atoms with Crippen LogP contribution in [0.5, 0.6) is 11.5 Å². The van der Waals surface area contributed by atoms with E-state index in [0.29, 0.717) is 33.0 Å². The van der Waals surface area contributed by atoms with Gasteiger partial charge in [0, 0.05) is 17.3 Å². The number of esters is 1. The second-order valence-corrected chi connectivity index (χ2v) is 12.0. The fourth-order valence-electron chi connectivity index (χ4n) is 5.51. The van der Waals surface area contributed by atoms with Gasteiger partial charge in [-0.05, 0) is 80.4 Å². The van der Waals surface area contributed by atoms with Gasteiger partial charge in [0.2, 0.25) is 0 Å². The van der Waals surface area contributed by atoms with Crippen LogP contribution in [0.4, 0.5) is 0 Å². The summed E-state index contributed by atoms with van der Waals surface area (Å²) in [5.74, 6) is 0.964. The Kier molecular flexibility index (Phi) is 9.49. The van der Waals surface area contributed by atoms with Gasteiger partial charge in [0.05, 0.1) is 47.9 Å². The molecule has 6 rings (SSSR count). The van der Waals surface area contributed by atoms with Gasteiger partial charge in [0.25, 0.3) is 5.56 Å². The molecule has 240 valence electrons. The standard InChI is InChI=1S/C37H36N4O5S/c1-5-7-21-46-30-19-13-25(14-20-30)33-27(23-40(39-33)28-11-9-8-10-12-28)22-31-35(42)41-34(26-15-17-29(44-4)18-16-26)32(36(43)45-6-2)24(3)38-37(41)47-31/h8-20,22-23,34H,5-7,21H2,1-4H3/b31-22+/t34-/m0/s1. The number of nitrogens with zero attached hydrogens (tertiary/aromatic N) is 4. The molecule has 1 aliphatic rings. The van der Waals surface area contributed by atoms with Crippen molar-refractivity contribution in [2.45, 2.75) is 39.7 Å². The summed E-state index contributed by atoms with van der Waals surface area (Å²) in [4.78, 5) is 32.8. The van der Waals surface area contributed by atoms with Gasteiger partial charge < -0.3 is 14.2 Å². The molecule has 0 bridgehead atoms. The van der Waals surface area contributed by atoms with E-state index in [-0.39, 0.29) is 12.2 Å². The molecule has 0 N–H and O–H groups in total. The minimum Gasteiger partial charge on any atom is -0.497 e. The number of benzene rings is 3. The molecule has 0 radical (unpaired) electrons. The molecule has 0 saturated heterocycles. The predicted octanol–water partition coefficient (Wildman–Crippen LogP) is 5.84. The van der Waals surface area contributed by atoms with Crippen molar-refractivity contribution in [1.82, 2.24) is 14.3 Å². The summed E-state index contributed by atoms with van der Waals surface area (Å²) in [7, 11) is 1.59. The average Bonchev–Trinajstić information content (AvgIpc) is 3.65. The van der Waals surface area contributed by atoms with Crippen LogP contribution in [-0.2, 0) is 9.53 Å². The van der Waals surface area contributed by atoms with Crippen LogP contribution in [0.2, 0.25) is 0 Å². The lowest BCUT2D eigenvalue weighted by Gasteiger charge is -2.24. The Labute approximate surface area is 276 Å². The second kappa shape index (κ2) is 14.0.